The Morgan fingerprint density at radius 1 is 1.14 bits per heavy atom. The number of rotatable bonds is 7. The summed E-state index contributed by atoms with van der Waals surface area (Å²) in [7, 11) is 3.06. The molecule has 150 valence electrons. The second-order valence-electron chi connectivity index (χ2n) is 6.05. The van der Waals surface area contributed by atoms with Crippen LogP contribution < -0.4 is 18.9 Å². The van der Waals surface area contributed by atoms with E-state index in [2.05, 4.69) is 10.2 Å². The first-order chi connectivity index (χ1) is 14.2. The summed E-state index contributed by atoms with van der Waals surface area (Å²) >= 11 is 1.15. The molecule has 4 rings (SSSR count). The van der Waals surface area contributed by atoms with Crippen molar-refractivity contribution < 1.29 is 28.2 Å². The number of ketones is 1. The van der Waals surface area contributed by atoms with Gasteiger partial charge in [-0.2, -0.15) is 0 Å². The normalized spacial score (nSPS) is 15.0. The van der Waals surface area contributed by atoms with Gasteiger partial charge in [-0.05, 0) is 24.3 Å². The molecule has 9 heteroatoms. The summed E-state index contributed by atoms with van der Waals surface area (Å²) in [5, 5.41) is 8.30. The second kappa shape index (κ2) is 8.44. The van der Waals surface area contributed by atoms with E-state index in [-0.39, 0.29) is 23.4 Å². The highest BCUT2D eigenvalue weighted by atomic mass is 32.2. The summed E-state index contributed by atoms with van der Waals surface area (Å²) in [5.74, 6) is 2.66. The summed E-state index contributed by atoms with van der Waals surface area (Å²) in [5.41, 5.74) is 0.459. The van der Waals surface area contributed by atoms with Gasteiger partial charge in [0.05, 0.1) is 25.5 Å². The summed E-state index contributed by atoms with van der Waals surface area (Å²) < 4.78 is 27.6. The minimum Gasteiger partial charge on any atom is -0.497 e. The number of hydrogen-bond acceptors (Lipinski definition) is 9. The predicted octanol–water partition coefficient (Wildman–Crippen LogP) is 3.57. The quantitative estimate of drug-likeness (QED) is 0.425. The third-order valence-corrected chi connectivity index (χ3v) is 5.06. The number of aromatic nitrogens is 2. The van der Waals surface area contributed by atoms with Crippen LogP contribution in [0, 0.1) is 0 Å². The Bertz CT molecular complexity index is 1020. The lowest BCUT2D eigenvalue weighted by Gasteiger charge is -2.23. The van der Waals surface area contributed by atoms with Gasteiger partial charge >= 0.3 is 0 Å². The van der Waals surface area contributed by atoms with Crippen molar-refractivity contribution in [3.8, 4) is 23.0 Å². The fourth-order valence-corrected chi connectivity index (χ4v) is 3.44. The SMILES string of the molecule is COc1ccc(C(=O)CSc2nnc([C@@H]3COc4ccccc4O3)o2)c(OC)c1. The number of carbonyl (C=O) groups excluding carboxylic acids is 1. The molecule has 1 aliphatic rings. The first-order valence-electron chi connectivity index (χ1n) is 8.78. The maximum absolute atomic E-state index is 12.6. The first kappa shape index (κ1) is 19.1. The number of benzene rings is 2. The zero-order valence-electron chi connectivity index (χ0n) is 15.8. The highest BCUT2D eigenvalue weighted by molar-refractivity contribution is 7.99. The van der Waals surface area contributed by atoms with E-state index in [1.165, 1.54) is 7.11 Å². The summed E-state index contributed by atoms with van der Waals surface area (Å²) in [6, 6.07) is 12.4. The fraction of sp³-hybridized carbons (Fsp3) is 0.250. The Morgan fingerprint density at radius 3 is 2.76 bits per heavy atom. The van der Waals surface area contributed by atoms with Gasteiger partial charge in [0.2, 0.25) is 6.10 Å². The molecule has 2 aromatic carbocycles. The van der Waals surface area contributed by atoms with Crippen LogP contribution in [-0.4, -0.2) is 42.6 Å². The Morgan fingerprint density at radius 2 is 1.97 bits per heavy atom. The molecule has 0 saturated heterocycles. The molecular weight excluding hydrogens is 396 g/mol. The third-order valence-electron chi connectivity index (χ3n) is 4.24. The van der Waals surface area contributed by atoms with E-state index in [1.807, 2.05) is 24.3 Å². The van der Waals surface area contributed by atoms with Crippen molar-refractivity contribution in [1.29, 1.82) is 0 Å². The van der Waals surface area contributed by atoms with Gasteiger partial charge in [0.25, 0.3) is 11.1 Å². The Kier molecular flexibility index (Phi) is 5.57. The van der Waals surface area contributed by atoms with Crippen LogP contribution in [0.2, 0.25) is 0 Å². The first-order valence-corrected chi connectivity index (χ1v) is 9.76. The molecule has 0 spiro atoms. The third kappa shape index (κ3) is 4.14. The minimum atomic E-state index is -0.496. The molecule has 1 atom stereocenters. The minimum absolute atomic E-state index is 0.120. The molecule has 0 fully saturated rings. The van der Waals surface area contributed by atoms with Gasteiger partial charge < -0.3 is 23.4 Å². The average molecular weight is 414 g/mol. The average Bonchev–Trinajstić information content (AvgIpc) is 3.25. The maximum atomic E-state index is 12.6. The molecule has 29 heavy (non-hydrogen) atoms. The van der Waals surface area contributed by atoms with Gasteiger partial charge in [-0.3, -0.25) is 4.79 Å². The zero-order chi connectivity index (χ0) is 20.2. The van der Waals surface area contributed by atoms with Crippen LogP contribution >= 0.6 is 11.8 Å². The fourth-order valence-electron chi connectivity index (χ4n) is 2.78. The summed E-state index contributed by atoms with van der Waals surface area (Å²) in [4.78, 5) is 12.6. The van der Waals surface area contributed by atoms with E-state index < -0.39 is 6.10 Å². The molecule has 0 unspecified atom stereocenters. The van der Waals surface area contributed by atoms with E-state index in [9.17, 15) is 4.79 Å². The molecule has 1 aromatic heterocycles. The van der Waals surface area contributed by atoms with Crippen molar-refractivity contribution in [2.45, 2.75) is 11.3 Å². The van der Waals surface area contributed by atoms with E-state index in [0.29, 0.717) is 34.5 Å². The monoisotopic (exact) mass is 414 g/mol. The summed E-state index contributed by atoms with van der Waals surface area (Å²) in [6.07, 6.45) is -0.496. The van der Waals surface area contributed by atoms with Gasteiger partial charge in [-0.15, -0.1) is 10.2 Å². The standard InChI is InChI=1S/C20H18N2O6S/c1-24-12-7-8-13(17(9-12)25-2)14(23)11-29-20-22-21-19(28-20)18-10-26-15-5-3-4-6-16(15)27-18/h3-9,18H,10-11H2,1-2H3/t18-/m0/s1. The lowest BCUT2D eigenvalue weighted by Crippen LogP contribution is -2.21. The van der Waals surface area contributed by atoms with Crippen molar-refractivity contribution >= 4 is 17.5 Å². The van der Waals surface area contributed by atoms with Crippen molar-refractivity contribution in [1.82, 2.24) is 10.2 Å². The van der Waals surface area contributed by atoms with Crippen LogP contribution in [0.1, 0.15) is 22.4 Å². The molecule has 8 nitrogen and oxygen atoms in total. The van der Waals surface area contributed by atoms with E-state index in [4.69, 9.17) is 23.4 Å². The molecule has 1 aliphatic heterocycles. The smallest absolute Gasteiger partial charge is 0.277 e. The number of para-hydroxylation sites is 2. The number of thioether (sulfide) groups is 1. The van der Waals surface area contributed by atoms with Crippen LogP contribution in [0.3, 0.4) is 0 Å². The van der Waals surface area contributed by atoms with Crippen molar-refractivity contribution in [2.24, 2.45) is 0 Å². The number of carbonyl (C=O) groups is 1. The summed E-state index contributed by atoms with van der Waals surface area (Å²) in [6.45, 7) is 0.269. The van der Waals surface area contributed by atoms with Gasteiger partial charge in [0.1, 0.15) is 18.1 Å². The molecule has 0 amide bonds. The number of methoxy groups -OCH3 is 2. The van der Waals surface area contributed by atoms with Crippen molar-refractivity contribution in [2.75, 3.05) is 26.6 Å². The zero-order valence-corrected chi connectivity index (χ0v) is 16.6. The van der Waals surface area contributed by atoms with E-state index in [1.54, 1.807) is 25.3 Å². The number of Topliss-reactive ketones (excluding diaryl/α,β-unsaturated/α-hetero) is 1. The number of ether oxygens (including phenoxy) is 4. The van der Waals surface area contributed by atoms with Gasteiger partial charge in [0.15, 0.2) is 17.3 Å². The molecule has 3 aromatic rings. The second-order valence-corrected chi connectivity index (χ2v) is 6.98. The Labute approximate surface area is 171 Å². The van der Waals surface area contributed by atoms with E-state index >= 15 is 0 Å². The van der Waals surface area contributed by atoms with Crippen LogP contribution in [0.15, 0.2) is 52.1 Å². The highest BCUT2D eigenvalue weighted by Crippen LogP contribution is 2.36. The highest BCUT2D eigenvalue weighted by Gasteiger charge is 2.27. The lowest BCUT2D eigenvalue weighted by molar-refractivity contribution is 0.0686. The molecule has 2 heterocycles. The van der Waals surface area contributed by atoms with Gasteiger partial charge in [-0.25, -0.2) is 0 Å². The molecule has 0 radical (unpaired) electrons. The number of fused-ring (bicyclic) bond motifs is 1. The topological polar surface area (TPSA) is 92.9 Å². The van der Waals surface area contributed by atoms with E-state index in [0.717, 1.165) is 11.8 Å². The number of hydrogen-bond donors (Lipinski definition) is 0. The maximum Gasteiger partial charge on any atom is 0.277 e. The van der Waals surface area contributed by atoms with Gasteiger partial charge in [0, 0.05) is 6.07 Å². The van der Waals surface area contributed by atoms with Crippen LogP contribution in [-0.2, 0) is 0 Å². The molecular formula is C20H18N2O6S. The van der Waals surface area contributed by atoms with Crippen LogP contribution in [0.4, 0.5) is 0 Å². The van der Waals surface area contributed by atoms with Crippen molar-refractivity contribution in [3.63, 3.8) is 0 Å². The predicted molar refractivity (Wildman–Crippen MR) is 104 cm³/mol. The van der Waals surface area contributed by atoms with Crippen LogP contribution in [0.5, 0.6) is 23.0 Å². The Hall–Kier alpha value is -3.20. The molecule has 0 saturated carbocycles. The van der Waals surface area contributed by atoms with Gasteiger partial charge in [-0.1, -0.05) is 23.9 Å². The Balaban J connectivity index is 1.39. The molecule has 0 bridgehead atoms. The van der Waals surface area contributed by atoms with Crippen LogP contribution in [0.25, 0.3) is 0 Å². The molecule has 0 aliphatic carbocycles. The largest absolute Gasteiger partial charge is 0.497 e. The number of nitrogens with zero attached hydrogens (tertiary/aromatic N) is 2. The lowest BCUT2D eigenvalue weighted by atomic mass is 10.1. The van der Waals surface area contributed by atoms with Crippen molar-refractivity contribution in [3.05, 3.63) is 53.9 Å². The molecule has 0 N–H and O–H groups in total.